The third-order valence-corrected chi connectivity index (χ3v) is 5.38. The van der Waals surface area contributed by atoms with E-state index in [-0.39, 0.29) is 6.61 Å². The van der Waals surface area contributed by atoms with Crippen molar-refractivity contribution in [2.75, 3.05) is 62.9 Å². The molecule has 0 aliphatic carbocycles. The summed E-state index contributed by atoms with van der Waals surface area (Å²) in [5.74, 6) is 1.02. The number of nitrogens with two attached hydrogens (primary N) is 1. The average Bonchev–Trinajstić information content (AvgIpc) is 2.87. The van der Waals surface area contributed by atoms with E-state index in [1.165, 1.54) is 0 Å². The van der Waals surface area contributed by atoms with Crippen LogP contribution < -0.4 is 16.4 Å². The summed E-state index contributed by atoms with van der Waals surface area (Å²) in [6.45, 7) is 6.46. The van der Waals surface area contributed by atoms with E-state index >= 15 is 0 Å². The molecule has 1 aliphatic heterocycles. The topological polar surface area (TPSA) is 137 Å². The quantitative estimate of drug-likeness (QED) is 0.298. The normalized spacial score (nSPS) is 15.0. The Morgan fingerprint density at radius 1 is 1.15 bits per heavy atom. The fourth-order valence-electron chi connectivity index (χ4n) is 3.67. The lowest BCUT2D eigenvalue weighted by Crippen LogP contribution is -2.44. The zero-order valence-electron chi connectivity index (χ0n) is 19.2. The second-order valence-electron chi connectivity index (χ2n) is 7.45. The number of ether oxygens (including phenoxy) is 1. The Morgan fingerprint density at radius 3 is 2.58 bits per heavy atom. The predicted molar refractivity (Wildman–Crippen MR) is 132 cm³/mol. The van der Waals surface area contributed by atoms with Crippen molar-refractivity contribution < 1.29 is 14.6 Å². The summed E-state index contributed by atoms with van der Waals surface area (Å²) in [5, 5.41) is 24.5. The summed E-state index contributed by atoms with van der Waals surface area (Å²) in [6.07, 6.45) is 2.82. The molecule has 1 aromatic carbocycles. The molecule has 0 bridgehead atoms. The highest BCUT2D eigenvalue weighted by Crippen LogP contribution is 2.29. The van der Waals surface area contributed by atoms with Crippen molar-refractivity contribution in [1.29, 1.82) is 0 Å². The Bertz CT molecular complexity index is 860. The number of carbonyl (C=O) groups excluding carboxylic acids is 1. The molecule has 0 spiro atoms. The largest absolute Gasteiger partial charge is 0.396 e. The Labute approximate surface area is 195 Å². The molecule has 0 amide bonds. The lowest BCUT2D eigenvalue weighted by Gasteiger charge is -2.34. The number of nitrogen functional groups attached to an aromatic ring is 1. The van der Waals surface area contributed by atoms with Crippen molar-refractivity contribution in [3.8, 4) is 0 Å². The number of morpholine rings is 1. The van der Waals surface area contributed by atoms with Crippen LogP contribution in [-0.4, -0.2) is 74.3 Å². The molecule has 2 aromatic rings. The van der Waals surface area contributed by atoms with Gasteiger partial charge in [-0.15, -0.1) is 10.2 Å². The number of pyridine rings is 1. The van der Waals surface area contributed by atoms with Gasteiger partial charge in [-0.1, -0.05) is 12.1 Å². The number of nitrogens with zero attached hydrogens (tertiary/aromatic N) is 4. The number of benzene rings is 1. The number of aromatic nitrogens is 1. The smallest absolute Gasteiger partial charge is 0.153 e. The standard InChI is InChI=1S/C22H33N7O2.CH2O/c1-24-21-9-8-20(22(23)26-21)28-27-19-7-3-2-6-18(19)25-11-4-5-17(10-14-30)29-12-15-31-16-13-29;1-2/h2-3,6-9,17,25,30H,4-5,10-16H2,1H3,(H3,23,24,26);1H2. The molecule has 1 aliphatic rings. The number of anilines is 3. The molecular formula is C23H35N7O3. The van der Waals surface area contributed by atoms with Gasteiger partial charge in [0, 0.05) is 39.3 Å². The molecule has 1 atom stereocenters. The number of hydrogen-bond donors (Lipinski definition) is 4. The number of azo groups is 1. The maximum absolute atomic E-state index is 9.43. The number of aliphatic hydroxyl groups excluding tert-OH is 1. The highest BCUT2D eigenvalue weighted by molar-refractivity contribution is 5.66. The van der Waals surface area contributed by atoms with Crippen LogP contribution in [0.4, 0.5) is 28.7 Å². The third-order valence-electron chi connectivity index (χ3n) is 5.38. The van der Waals surface area contributed by atoms with E-state index in [2.05, 4.69) is 30.7 Å². The van der Waals surface area contributed by atoms with Gasteiger partial charge in [0.25, 0.3) is 0 Å². The van der Waals surface area contributed by atoms with Gasteiger partial charge in [-0.05, 0) is 43.5 Å². The molecule has 10 nitrogen and oxygen atoms in total. The van der Waals surface area contributed by atoms with Gasteiger partial charge in [0.2, 0.25) is 0 Å². The predicted octanol–water partition coefficient (Wildman–Crippen LogP) is 3.21. The van der Waals surface area contributed by atoms with E-state index in [0.717, 1.165) is 63.5 Å². The first-order valence-corrected chi connectivity index (χ1v) is 11.1. The van der Waals surface area contributed by atoms with Gasteiger partial charge in [-0.3, -0.25) is 4.90 Å². The number of rotatable bonds is 11. The maximum Gasteiger partial charge on any atom is 0.153 e. The molecule has 33 heavy (non-hydrogen) atoms. The lowest BCUT2D eigenvalue weighted by molar-refractivity contribution is -0.0979. The van der Waals surface area contributed by atoms with Gasteiger partial charge in [0.05, 0.1) is 18.9 Å². The Hall–Kier alpha value is -3.08. The van der Waals surface area contributed by atoms with Crippen molar-refractivity contribution in [2.24, 2.45) is 10.2 Å². The Kier molecular flexibility index (Phi) is 11.8. The average molecular weight is 458 g/mol. The summed E-state index contributed by atoms with van der Waals surface area (Å²) >= 11 is 0. The van der Waals surface area contributed by atoms with E-state index in [0.29, 0.717) is 23.4 Å². The third kappa shape index (κ3) is 8.41. The van der Waals surface area contributed by atoms with Crippen LogP contribution in [0.1, 0.15) is 19.3 Å². The van der Waals surface area contributed by atoms with Crippen LogP contribution in [0, 0.1) is 0 Å². The lowest BCUT2D eigenvalue weighted by atomic mass is 10.1. The molecule has 10 heteroatoms. The first-order chi connectivity index (χ1) is 16.2. The number of para-hydroxylation sites is 1. The Morgan fingerprint density at radius 2 is 1.88 bits per heavy atom. The van der Waals surface area contributed by atoms with Crippen molar-refractivity contribution >= 4 is 35.5 Å². The molecule has 1 saturated heterocycles. The minimum Gasteiger partial charge on any atom is -0.396 e. The number of nitrogens with one attached hydrogen (secondary N) is 2. The minimum atomic E-state index is 0.214. The van der Waals surface area contributed by atoms with E-state index in [4.69, 9.17) is 15.3 Å². The number of aliphatic hydroxyl groups is 1. The second kappa shape index (κ2) is 14.9. The van der Waals surface area contributed by atoms with E-state index in [1.807, 2.05) is 37.1 Å². The van der Waals surface area contributed by atoms with Gasteiger partial charge in [0.15, 0.2) is 5.82 Å². The highest BCUT2D eigenvalue weighted by Gasteiger charge is 2.20. The summed E-state index contributed by atoms with van der Waals surface area (Å²) in [5.41, 5.74) is 8.17. The monoisotopic (exact) mass is 457 g/mol. The molecule has 0 radical (unpaired) electrons. The Balaban J connectivity index is 0.00000187. The van der Waals surface area contributed by atoms with Gasteiger partial charge in [-0.25, -0.2) is 4.98 Å². The first kappa shape index (κ1) is 26.2. The fourth-order valence-corrected chi connectivity index (χ4v) is 3.67. The summed E-state index contributed by atoms with van der Waals surface area (Å²) < 4.78 is 5.45. The summed E-state index contributed by atoms with van der Waals surface area (Å²) in [6, 6.07) is 11.8. The minimum absolute atomic E-state index is 0.214. The van der Waals surface area contributed by atoms with E-state index in [9.17, 15) is 5.11 Å². The van der Waals surface area contributed by atoms with Gasteiger partial charge >= 0.3 is 0 Å². The van der Waals surface area contributed by atoms with Crippen LogP contribution in [0.2, 0.25) is 0 Å². The van der Waals surface area contributed by atoms with E-state index in [1.54, 1.807) is 13.1 Å². The van der Waals surface area contributed by atoms with Crippen molar-refractivity contribution in [2.45, 2.75) is 25.3 Å². The molecule has 1 fully saturated rings. The number of hydrogen-bond acceptors (Lipinski definition) is 10. The van der Waals surface area contributed by atoms with Crippen LogP contribution >= 0.6 is 0 Å². The van der Waals surface area contributed by atoms with Crippen molar-refractivity contribution in [1.82, 2.24) is 9.88 Å². The molecule has 0 saturated carbocycles. The summed E-state index contributed by atoms with van der Waals surface area (Å²) in [7, 11) is 1.79. The zero-order chi connectivity index (χ0) is 23.9. The SMILES string of the molecule is C=O.CNc1ccc(N=Nc2ccccc2NCCCC(CCO)N2CCOCC2)c(N)n1. The van der Waals surface area contributed by atoms with Crippen LogP contribution in [0.5, 0.6) is 0 Å². The van der Waals surface area contributed by atoms with Crippen LogP contribution in [0.15, 0.2) is 46.6 Å². The molecule has 1 unspecified atom stereocenters. The summed E-state index contributed by atoms with van der Waals surface area (Å²) in [4.78, 5) is 14.7. The highest BCUT2D eigenvalue weighted by atomic mass is 16.5. The van der Waals surface area contributed by atoms with Crippen molar-refractivity contribution in [3.05, 3.63) is 36.4 Å². The van der Waals surface area contributed by atoms with Gasteiger partial charge in [-0.2, -0.15) is 0 Å². The zero-order valence-corrected chi connectivity index (χ0v) is 19.2. The first-order valence-electron chi connectivity index (χ1n) is 11.1. The fraction of sp³-hybridized carbons (Fsp3) is 0.478. The van der Waals surface area contributed by atoms with Gasteiger partial charge < -0.3 is 31.0 Å². The maximum atomic E-state index is 9.43. The molecular weight excluding hydrogens is 422 g/mol. The van der Waals surface area contributed by atoms with Crippen molar-refractivity contribution in [3.63, 3.8) is 0 Å². The van der Waals surface area contributed by atoms with Gasteiger partial charge in [0.1, 0.15) is 24.0 Å². The van der Waals surface area contributed by atoms with E-state index < -0.39 is 0 Å². The second-order valence-corrected chi connectivity index (χ2v) is 7.45. The molecule has 3 rings (SSSR count). The molecule has 1 aromatic heterocycles. The van der Waals surface area contributed by atoms with Crippen LogP contribution in [0.3, 0.4) is 0 Å². The number of carbonyl (C=O) groups is 1. The molecule has 2 heterocycles. The van der Waals surface area contributed by atoms with Crippen LogP contribution in [-0.2, 0) is 9.53 Å². The molecule has 5 N–H and O–H groups in total. The van der Waals surface area contributed by atoms with Crippen LogP contribution in [0.25, 0.3) is 0 Å². The molecule has 180 valence electrons.